The Hall–Kier alpha value is -2.46. The number of pyridine rings is 1. The molecule has 0 aliphatic heterocycles. The van der Waals surface area contributed by atoms with Crippen LogP contribution < -0.4 is 0 Å². The van der Waals surface area contributed by atoms with Crippen LogP contribution in [-0.2, 0) is 9.84 Å². The molecule has 3 aromatic rings. The first-order valence-electron chi connectivity index (χ1n) is 7.34. The molecule has 3 nitrogen and oxygen atoms in total. The zero-order chi connectivity index (χ0) is 16.3. The monoisotopic (exact) mass is 323 g/mol. The van der Waals surface area contributed by atoms with Gasteiger partial charge < -0.3 is 0 Å². The molecule has 1 aromatic heterocycles. The first-order valence-corrected chi connectivity index (χ1v) is 8.89. The Balaban J connectivity index is 2.17. The minimum atomic E-state index is -3.55. The molecular formula is C19H17NO2S. The molecule has 0 spiro atoms. The number of benzene rings is 2. The van der Waals surface area contributed by atoms with Gasteiger partial charge in [-0.1, -0.05) is 48.0 Å². The SMILES string of the molecule is Cc1ccc(S(=O)(=O)C(c2ccccc2)c2ccncc2)cc1. The van der Waals surface area contributed by atoms with E-state index in [1.807, 2.05) is 49.4 Å². The molecule has 2 aromatic carbocycles. The van der Waals surface area contributed by atoms with Gasteiger partial charge in [0.15, 0.2) is 9.84 Å². The van der Waals surface area contributed by atoms with Crippen LogP contribution in [0, 0.1) is 6.92 Å². The van der Waals surface area contributed by atoms with Gasteiger partial charge in [0.05, 0.1) is 4.90 Å². The second kappa shape index (κ2) is 6.34. The van der Waals surface area contributed by atoms with Gasteiger partial charge in [0.1, 0.15) is 5.25 Å². The topological polar surface area (TPSA) is 47.0 Å². The lowest BCUT2D eigenvalue weighted by Crippen LogP contribution is -2.15. The Labute approximate surface area is 136 Å². The highest BCUT2D eigenvalue weighted by Gasteiger charge is 2.30. The predicted molar refractivity (Wildman–Crippen MR) is 90.9 cm³/mol. The lowest BCUT2D eigenvalue weighted by molar-refractivity contribution is 0.589. The van der Waals surface area contributed by atoms with Crippen molar-refractivity contribution in [1.29, 1.82) is 0 Å². The number of sulfone groups is 1. The summed E-state index contributed by atoms with van der Waals surface area (Å²) in [5.41, 5.74) is 2.50. The summed E-state index contributed by atoms with van der Waals surface area (Å²) in [5, 5.41) is -0.741. The summed E-state index contributed by atoms with van der Waals surface area (Å²) in [5.74, 6) is 0. The molecule has 0 saturated carbocycles. The van der Waals surface area contributed by atoms with E-state index in [0.29, 0.717) is 10.5 Å². The smallest absolute Gasteiger partial charge is 0.189 e. The minimum Gasteiger partial charge on any atom is -0.265 e. The van der Waals surface area contributed by atoms with E-state index in [9.17, 15) is 8.42 Å². The summed E-state index contributed by atoms with van der Waals surface area (Å²) in [6, 6.07) is 19.8. The molecule has 0 amide bonds. The molecule has 23 heavy (non-hydrogen) atoms. The predicted octanol–water partition coefficient (Wildman–Crippen LogP) is 3.95. The second-order valence-corrected chi connectivity index (χ2v) is 7.46. The molecule has 0 aliphatic carbocycles. The van der Waals surface area contributed by atoms with Gasteiger partial charge in [-0.05, 0) is 42.3 Å². The van der Waals surface area contributed by atoms with Gasteiger partial charge in [-0.2, -0.15) is 0 Å². The Morgan fingerprint density at radius 1 is 0.783 bits per heavy atom. The third kappa shape index (κ3) is 3.17. The van der Waals surface area contributed by atoms with Gasteiger partial charge in [0, 0.05) is 12.4 Å². The van der Waals surface area contributed by atoms with Gasteiger partial charge in [0.25, 0.3) is 0 Å². The summed E-state index contributed by atoms with van der Waals surface area (Å²) in [4.78, 5) is 4.32. The average Bonchev–Trinajstić information content (AvgIpc) is 2.57. The molecule has 4 heteroatoms. The van der Waals surface area contributed by atoms with Crippen LogP contribution in [0.25, 0.3) is 0 Å². The maximum absolute atomic E-state index is 13.2. The van der Waals surface area contributed by atoms with Crippen molar-refractivity contribution < 1.29 is 8.42 Å². The van der Waals surface area contributed by atoms with Crippen LogP contribution in [0.1, 0.15) is 21.9 Å². The number of aromatic nitrogens is 1. The van der Waals surface area contributed by atoms with Crippen molar-refractivity contribution in [3.05, 3.63) is 95.8 Å². The zero-order valence-electron chi connectivity index (χ0n) is 12.8. The molecule has 1 atom stereocenters. The Morgan fingerprint density at radius 2 is 1.35 bits per heavy atom. The van der Waals surface area contributed by atoms with Crippen LogP contribution in [0.3, 0.4) is 0 Å². The van der Waals surface area contributed by atoms with E-state index in [-0.39, 0.29) is 0 Å². The summed E-state index contributed by atoms with van der Waals surface area (Å²) in [6.45, 7) is 1.94. The Kier molecular flexibility index (Phi) is 4.26. The summed E-state index contributed by atoms with van der Waals surface area (Å²) >= 11 is 0. The number of rotatable bonds is 4. The van der Waals surface area contributed by atoms with Crippen LogP contribution in [0.15, 0.2) is 84.0 Å². The maximum Gasteiger partial charge on any atom is 0.189 e. The van der Waals surface area contributed by atoms with Crippen molar-refractivity contribution in [3.63, 3.8) is 0 Å². The van der Waals surface area contributed by atoms with E-state index in [0.717, 1.165) is 11.1 Å². The third-order valence-corrected chi connectivity index (χ3v) is 5.87. The lowest BCUT2D eigenvalue weighted by Gasteiger charge is -2.19. The molecular weight excluding hydrogens is 306 g/mol. The molecule has 0 radical (unpaired) electrons. The molecule has 0 saturated heterocycles. The van der Waals surface area contributed by atoms with Gasteiger partial charge in [0.2, 0.25) is 0 Å². The first kappa shape index (κ1) is 15.4. The van der Waals surface area contributed by atoms with Crippen molar-refractivity contribution >= 4 is 9.84 Å². The van der Waals surface area contributed by atoms with Crippen molar-refractivity contribution in [2.45, 2.75) is 17.1 Å². The molecule has 0 fully saturated rings. The van der Waals surface area contributed by atoms with E-state index in [2.05, 4.69) is 4.98 Å². The van der Waals surface area contributed by atoms with Crippen LogP contribution >= 0.6 is 0 Å². The fraction of sp³-hybridized carbons (Fsp3) is 0.105. The fourth-order valence-corrected chi connectivity index (χ4v) is 4.40. The summed E-state index contributed by atoms with van der Waals surface area (Å²) in [7, 11) is -3.55. The molecule has 3 rings (SSSR count). The van der Waals surface area contributed by atoms with Crippen molar-refractivity contribution in [3.8, 4) is 0 Å². The van der Waals surface area contributed by atoms with Crippen LogP contribution in [0.4, 0.5) is 0 Å². The van der Waals surface area contributed by atoms with E-state index in [1.165, 1.54) is 0 Å². The quantitative estimate of drug-likeness (QED) is 0.730. The largest absolute Gasteiger partial charge is 0.265 e. The van der Waals surface area contributed by atoms with Gasteiger partial charge in [-0.15, -0.1) is 0 Å². The minimum absolute atomic E-state index is 0.328. The zero-order valence-corrected chi connectivity index (χ0v) is 13.6. The highest BCUT2D eigenvalue weighted by Crippen LogP contribution is 2.34. The van der Waals surface area contributed by atoms with Crippen molar-refractivity contribution in [2.75, 3.05) is 0 Å². The summed E-state index contributed by atoms with van der Waals surface area (Å²) < 4.78 is 26.4. The molecule has 0 N–H and O–H groups in total. The number of hydrogen-bond donors (Lipinski definition) is 0. The van der Waals surface area contributed by atoms with E-state index in [4.69, 9.17) is 0 Å². The second-order valence-electron chi connectivity index (χ2n) is 5.43. The number of hydrogen-bond acceptors (Lipinski definition) is 3. The van der Waals surface area contributed by atoms with Crippen molar-refractivity contribution in [1.82, 2.24) is 4.98 Å². The van der Waals surface area contributed by atoms with E-state index >= 15 is 0 Å². The van der Waals surface area contributed by atoms with Crippen LogP contribution in [-0.4, -0.2) is 13.4 Å². The molecule has 0 aliphatic rings. The fourth-order valence-electron chi connectivity index (χ4n) is 2.58. The summed E-state index contributed by atoms with van der Waals surface area (Å²) in [6.07, 6.45) is 3.24. The van der Waals surface area contributed by atoms with Gasteiger partial charge in [-0.25, -0.2) is 8.42 Å². The number of nitrogens with zero attached hydrogens (tertiary/aromatic N) is 1. The molecule has 0 bridgehead atoms. The molecule has 1 heterocycles. The first-order chi connectivity index (χ1) is 11.1. The van der Waals surface area contributed by atoms with E-state index < -0.39 is 15.1 Å². The van der Waals surface area contributed by atoms with Crippen LogP contribution in [0.2, 0.25) is 0 Å². The number of aryl methyl sites for hydroxylation is 1. The highest BCUT2D eigenvalue weighted by molar-refractivity contribution is 7.91. The van der Waals surface area contributed by atoms with Crippen molar-refractivity contribution in [2.24, 2.45) is 0 Å². The Morgan fingerprint density at radius 3 is 1.96 bits per heavy atom. The highest BCUT2D eigenvalue weighted by atomic mass is 32.2. The third-order valence-electron chi connectivity index (χ3n) is 3.77. The van der Waals surface area contributed by atoms with E-state index in [1.54, 1.807) is 36.7 Å². The van der Waals surface area contributed by atoms with Gasteiger partial charge >= 0.3 is 0 Å². The maximum atomic E-state index is 13.2. The lowest BCUT2D eigenvalue weighted by atomic mass is 10.1. The Bertz CT molecular complexity index is 834. The van der Waals surface area contributed by atoms with Gasteiger partial charge in [-0.3, -0.25) is 4.98 Å². The standard InChI is InChI=1S/C19H17NO2S/c1-15-7-9-18(10-8-15)23(21,22)19(16-5-3-2-4-6-16)17-11-13-20-14-12-17/h2-14,19H,1H3. The average molecular weight is 323 g/mol. The van der Waals surface area contributed by atoms with Crippen LogP contribution in [0.5, 0.6) is 0 Å². The molecule has 116 valence electrons. The molecule has 1 unspecified atom stereocenters. The normalized spacial score (nSPS) is 12.7.